The molecule has 2 aliphatic rings. The summed E-state index contributed by atoms with van der Waals surface area (Å²) < 4.78 is 0. The molecule has 1 amide bonds. The third-order valence-corrected chi connectivity index (χ3v) is 4.27. The summed E-state index contributed by atoms with van der Waals surface area (Å²) in [6.45, 7) is 4.47. The second-order valence-electron chi connectivity index (χ2n) is 5.79. The SMILES string of the molecule is CC1CCN(c2cc3c(cc2N)NC(=O)CC3)CC1. The Labute approximate surface area is 114 Å². The number of carbonyl (C=O) groups excluding carboxylic acids is 1. The molecule has 0 aliphatic carbocycles. The highest BCUT2D eigenvalue weighted by atomic mass is 16.1. The molecule has 0 spiro atoms. The van der Waals surface area contributed by atoms with Gasteiger partial charge >= 0.3 is 0 Å². The van der Waals surface area contributed by atoms with Crippen molar-refractivity contribution in [1.82, 2.24) is 0 Å². The van der Waals surface area contributed by atoms with Crippen LogP contribution in [-0.2, 0) is 11.2 Å². The minimum atomic E-state index is 0.0893. The number of fused-ring (bicyclic) bond motifs is 1. The molecule has 1 fully saturated rings. The van der Waals surface area contributed by atoms with Gasteiger partial charge in [0.05, 0.1) is 11.4 Å². The fraction of sp³-hybridized carbons (Fsp3) is 0.533. The van der Waals surface area contributed by atoms with Gasteiger partial charge in [0, 0.05) is 25.2 Å². The van der Waals surface area contributed by atoms with E-state index in [1.165, 1.54) is 18.4 Å². The number of carbonyl (C=O) groups is 1. The van der Waals surface area contributed by atoms with Crippen LogP contribution < -0.4 is 16.0 Å². The first-order chi connectivity index (χ1) is 9.13. The molecule has 19 heavy (non-hydrogen) atoms. The lowest BCUT2D eigenvalue weighted by Crippen LogP contribution is -2.33. The van der Waals surface area contributed by atoms with Crippen molar-refractivity contribution in [3.05, 3.63) is 17.7 Å². The molecule has 0 bridgehead atoms. The zero-order valence-electron chi connectivity index (χ0n) is 11.4. The molecule has 2 aliphatic heterocycles. The molecule has 0 unspecified atom stereocenters. The first kappa shape index (κ1) is 12.3. The number of aryl methyl sites for hydroxylation is 1. The van der Waals surface area contributed by atoms with Gasteiger partial charge in [0.2, 0.25) is 5.91 Å². The average molecular weight is 259 g/mol. The number of hydrogen-bond acceptors (Lipinski definition) is 3. The summed E-state index contributed by atoms with van der Waals surface area (Å²) in [7, 11) is 0. The van der Waals surface area contributed by atoms with Crippen LogP contribution in [0, 0.1) is 5.92 Å². The summed E-state index contributed by atoms with van der Waals surface area (Å²) in [5.74, 6) is 0.904. The quantitative estimate of drug-likeness (QED) is 0.761. The molecule has 0 atom stereocenters. The number of anilines is 3. The number of piperidine rings is 1. The third kappa shape index (κ3) is 2.39. The molecule has 1 aromatic rings. The summed E-state index contributed by atoms with van der Waals surface area (Å²) >= 11 is 0. The molecule has 1 saturated heterocycles. The first-order valence-electron chi connectivity index (χ1n) is 7.10. The minimum absolute atomic E-state index is 0.0893. The number of nitrogen functional groups attached to an aromatic ring is 1. The van der Waals surface area contributed by atoms with Crippen LogP contribution in [0.3, 0.4) is 0 Å². The van der Waals surface area contributed by atoms with Crippen LogP contribution in [0.5, 0.6) is 0 Å². The van der Waals surface area contributed by atoms with Crippen LogP contribution in [0.4, 0.5) is 17.1 Å². The number of nitrogens with zero attached hydrogens (tertiary/aromatic N) is 1. The van der Waals surface area contributed by atoms with E-state index in [1.54, 1.807) is 0 Å². The molecule has 4 heteroatoms. The van der Waals surface area contributed by atoms with E-state index in [4.69, 9.17) is 5.73 Å². The molecule has 0 aromatic heterocycles. The molecule has 0 saturated carbocycles. The molecule has 3 rings (SSSR count). The lowest BCUT2D eigenvalue weighted by atomic mass is 9.97. The number of rotatable bonds is 1. The van der Waals surface area contributed by atoms with Crippen molar-refractivity contribution < 1.29 is 4.79 Å². The lowest BCUT2D eigenvalue weighted by molar-refractivity contribution is -0.116. The average Bonchev–Trinajstić information content (AvgIpc) is 2.39. The van der Waals surface area contributed by atoms with Crippen LogP contribution in [0.2, 0.25) is 0 Å². The molecule has 4 nitrogen and oxygen atoms in total. The predicted molar refractivity (Wildman–Crippen MR) is 78.4 cm³/mol. The number of amides is 1. The van der Waals surface area contributed by atoms with Crippen LogP contribution in [0.25, 0.3) is 0 Å². The van der Waals surface area contributed by atoms with Crippen LogP contribution >= 0.6 is 0 Å². The zero-order valence-corrected chi connectivity index (χ0v) is 11.4. The van der Waals surface area contributed by atoms with Crippen molar-refractivity contribution in [2.24, 2.45) is 5.92 Å². The highest BCUT2D eigenvalue weighted by Crippen LogP contribution is 2.34. The molecule has 0 radical (unpaired) electrons. The minimum Gasteiger partial charge on any atom is -0.397 e. The molecule has 3 N–H and O–H groups in total. The van der Waals surface area contributed by atoms with Gasteiger partial charge in [-0.05, 0) is 42.9 Å². The Morgan fingerprint density at radius 2 is 2.00 bits per heavy atom. The maximum Gasteiger partial charge on any atom is 0.224 e. The van der Waals surface area contributed by atoms with E-state index < -0.39 is 0 Å². The van der Waals surface area contributed by atoms with Crippen molar-refractivity contribution in [1.29, 1.82) is 0 Å². The van der Waals surface area contributed by atoms with Crippen molar-refractivity contribution in [3.63, 3.8) is 0 Å². The monoisotopic (exact) mass is 259 g/mol. The standard InChI is InChI=1S/C15H21N3O/c1-10-4-6-18(7-5-10)14-8-11-2-3-15(19)17-13(11)9-12(14)16/h8-10H,2-7,16H2,1H3,(H,17,19). The smallest absolute Gasteiger partial charge is 0.224 e. The van der Waals surface area contributed by atoms with Gasteiger partial charge < -0.3 is 16.0 Å². The van der Waals surface area contributed by atoms with Gasteiger partial charge in [-0.25, -0.2) is 0 Å². The highest BCUT2D eigenvalue weighted by molar-refractivity contribution is 5.95. The van der Waals surface area contributed by atoms with Gasteiger partial charge in [0.1, 0.15) is 0 Å². The van der Waals surface area contributed by atoms with Crippen molar-refractivity contribution in [2.75, 3.05) is 29.0 Å². The number of nitrogens with two attached hydrogens (primary N) is 1. The Morgan fingerprint density at radius 1 is 1.26 bits per heavy atom. The normalized spacial score (nSPS) is 20.1. The Morgan fingerprint density at radius 3 is 2.74 bits per heavy atom. The summed E-state index contributed by atoms with van der Waals surface area (Å²) in [5, 5.41) is 2.90. The summed E-state index contributed by atoms with van der Waals surface area (Å²) in [4.78, 5) is 13.8. The van der Waals surface area contributed by atoms with Gasteiger partial charge in [-0.15, -0.1) is 0 Å². The highest BCUT2D eigenvalue weighted by Gasteiger charge is 2.21. The molecule has 102 valence electrons. The number of benzene rings is 1. The maximum atomic E-state index is 11.4. The summed E-state index contributed by atoms with van der Waals surface area (Å²) in [5.41, 5.74) is 10.2. The van der Waals surface area contributed by atoms with Gasteiger partial charge in [-0.1, -0.05) is 6.92 Å². The Kier molecular flexibility index (Phi) is 3.09. The lowest BCUT2D eigenvalue weighted by Gasteiger charge is -2.34. The fourth-order valence-corrected chi connectivity index (χ4v) is 2.96. The largest absolute Gasteiger partial charge is 0.397 e. The Balaban J connectivity index is 1.88. The summed E-state index contributed by atoms with van der Waals surface area (Å²) in [6, 6.07) is 4.08. The van der Waals surface area contributed by atoms with Gasteiger partial charge in [0.25, 0.3) is 0 Å². The molecule has 2 heterocycles. The van der Waals surface area contributed by atoms with Crippen molar-refractivity contribution in [2.45, 2.75) is 32.6 Å². The zero-order chi connectivity index (χ0) is 13.4. The first-order valence-corrected chi connectivity index (χ1v) is 7.10. The number of hydrogen-bond donors (Lipinski definition) is 2. The van der Waals surface area contributed by atoms with Crippen LogP contribution in [0.15, 0.2) is 12.1 Å². The van der Waals surface area contributed by atoms with E-state index in [1.807, 2.05) is 6.07 Å². The third-order valence-electron chi connectivity index (χ3n) is 4.27. The summed E-state index contributed by atoms with van der Waals surface area (Å²) in [6.07, 6.45) is 3.85. The second-order valence-corrected chi connectivity index (χ2v) is 5.79. The van der Waals surface area contributed by atoms with Crippen molar-refractivity contribution >= 4 is 23.0 Å². The van der Waals surface area contributed by atoms with Gasteiger partial charge in [-0.2, -0.15) is 0 Å². The van der Waals surface area contributed by atoms with E-state index in [-0.39, 0.29) is 5.91 Å². The Bertz CT molecular complexity index is 504. The topological polar surface area (TPSA) is 58.4 Å². The van der Waals surface area contributed by atoms with Crippen molar-refractivity contribution in [3.8, 4) is 0 Å². The molecular formula is C15H21N3O. The van der Waals surface area contributed by atoms with E-state index in [0.29, 0.717) is 6.42 Å². The second kappa shape index (κ2) is 4.76. The molecular weight excluding hydrogens is 238 g/mol. The van der Waals surface area contributed by atoms with E-state index >= 15 is 0 Å². The van der Waals surface area contributed by atoms with Crippen LogP contribution in [0.1, 0.15) is 31.7 Å². The van der Waals surface area contributed by atoms with Gasteiger partial charge in [0.15, 0.2) is 0 Å². The predicted octanol–water partition coefficient (Wildman–Crippen LogP) is 2.39. The van der Waals surface area contributed by atoms with Gasteiger partial charge in [-0.3, -0.25) is 4.79 Å². The Hall–Kier alpha value is -1.71. The van der Waals surface area contributed by atoms with E-state index in [9.17, 15) is 4.79 Å². The fourth-order valence-electron chi connectivity index (χ4n) is 2.96. The molecule has 1 aromatic carbocycles. The number of nitrogens with one attached hydrogen (secondary N) is 1. The van der Waals surface area contributed by atoms with E-state index in [0.717, 1.165) is 42.5 Å². The van der Waals surface area contributed by atoms with Crippen LogP contribution in [-0.4, -0.2) is 19.0 Å². The maximum absolute atomic E-state index is 11.4. The van der Waals surface area contributed by atoms with E-state index in [2.05, 4.69) is 23.2 Å².